The van der Waals surface area contributed by atoms with Crippen molar-refractivity contribution in [3.05, 3.63) is 64.9 Å². The number of halogens is 1. The minimum absolute atomic E-state index is 0.0673. The number of carbonyl (C=O) groups excluding carboxylic acids is 2. The molecule has 0 bridgehead atoms. The molecule has 0 N–H and O–H groups in total. The van der Waals surface area contributed by atoms with Crippen LogP contribution >= 0.6 is 11.6 Å². The quantitative estimate of drug-likeness (QED) is 0.523. The van der Waals surface area contributed by atoms with E-state index in [0.717, 1.165) is 5.56 Å². The van der Waals surface area contributed by atoms with E-state index >= 15 is 0 Å². The number of ether oxygens (including phenoxy) is 1. The first-order chi connectivity index (χ1) is 11.6. The molecule has 1 atom stereocenters. The average molecular weight is 346 g/mol. The number of ketones is 1. The molecule has 1 heterocycles. The lowest BCUT2D eigenvalue weighted by Crippen LogP contribution is -2.15. The largest absolute Gasteiger partial charge is 0.461 e. The highest BCUT2D eigenvalue weighted by molar-refractivity contribution is 6.30. The number of pyridine rings is 1. The van der Waals surface area contributed by atoms with Crippen molar-refractivity contribution in [2.75, 3.05) is 0 Å². The fraction of sp³-hybridized carbons (Fsp3) is 0.316. The molecule has 4 nitrogen and oxygen atoms in total. The molecule has 0 saturated heterocycles. The molecule has 2 rings (SSSR count). The van der Waals surface area contributed by atoms with Gasteiger partial charge in [0, 0.05) is 17.6 Å². The molecule has 0 aliphatic heterocycles. The highest BCUT2D eigenvalue weighted by Gasteiger charge is 2.16. The van der Waals surface area contributed by atoms with Gasteiger partial charge in [0.1, 0.15) is 12.3 Å². The predicted octanol–water partition coefficient (Wildman–Crippen LogP) is 4.47. The van der Waals surface area contributed by atoms with Crippen LogP contribution in [0.15, 0.2) is 48.7 Å². The summed E-state index contributed by atoms with van der Waals surface area (Å²) in [6, 6.07) is 12.7. The highest BCUT2D eigenvalue weighted by atomic mass is 35.5. The molecule has 0 saturated carbocycles. The van der Waals surface area contributed by atoms with E-state index in [4.69, 9.17) is 16.3 Å². The van der Waals surface area contributed by atoms with Gasteiger partial charge >= 0.3 is 5.97 Å². The molecule has 24 heavy (non-hydrogen) atoms. The molecule has 0 amide bonds. The molecule has 1 aromatic carbocycles. The number of carbonyl (C=O) groups is 2. The zero-order chi connectivity index (χ0) is 17.4. The van der Waals surface area contributed by atoms with Gasteiger partial charge in [0.25, 0.3) is 0 Å². The van der Waals surface area contributed by atoms with Gasteiger partial charge in [-0.05, 0) is 30.5 Å². The van der Waals surface area contributed by atoms with Gasteiger partial charge in [0.05, 0.1) is 5.92 Å². The summed E-state index contributed by atoms with van der Waals surface area (Å²) in [4.78, 5) is 28.0. The van der Waals surface area contributed by atoms with E-state index in [2.05, 4.69) is 4.98 Å². The third-order valence-electron chi connectivity index (χ3n) is 3.67. The lowest BCUT2D eigenvalue weighted by molar-refractivity contribution is -0.149. The maximum atomic E-state index is 12.0. The second-order valence-electron chi connectivity index (χ2n) is 5.67. The number of rotatable bonds is 8. The van der Waals surface area contributed by atoms with Crippen LogP contribution in [0.25, 0.3) is 0 Å². The van der Waals surface area contributed by atoms with Crippen LogP contribution < -0.4 is 0 Å². The summed E-state index contributed by atoms with van der Waals surface area (Å²) in [5.74, 6) is -0.552. The van der Waals surface area contributed by atoms with Crippen LogP contribution in [0.1, 0.15) is 42.2 Å². The van der Waals surface area contributed by atoms with Crippen molar-refractivity contribution in [1.29, 1.82) is 0 Å². The molecule has 0 aliphatic carbocycles. The van der Waals surface area contributed by atoms with Crippen molar-refractivity contribution < 1.29 is 14.3 Å². The molecule has 0 fully saturated rings. The van der Waals surface area contributed by atoms with E-state index in [9.17, 15) is 9.59 Å². The van der Waals surface area contributed by atoms with Crippen LogP contribution in [0.4, 0.5) is 0 Å². The van der Waals surface area contributed by atoms with E-state index < -0.39 is 0 Å². The van der Waals surface area contributed by atoms with Gasteiger partial charge in [0.15, 0.2) is 5.78 Å². The Kier molecular flexibility index (Phi) is 6.94. The Morgan fingerprint density at radius 2 is 1.96 bits per heavy atom. The van der Waals surface area contributed by atoms with Crippen LogP contribution in [-0.4, -0.2) is 16.7 Å². The summed E-state index contributed by atoms with van der Waals surface area (Å²) >= 11 is 5.85. The first kappa shape index (κ1) is 18.1. The van der Waals surface area contributed by atoms with Gasteiger partial charge < -0.3 is 4.74 Å². The summed E-state index contributed by atoms with van der Waals surface area (Å²) in [6.45, 7) is 2.09. The fourth-order valence-corrected chi connectivity index (χ4v) is 2.40. The van der Waals surface area contributed by atoms with E-state index in [0.29, 0.717) is 30.0 Å². The lowest BCUT2D eigenvalue weighted by Gasteiger charge is -2.11. The molecular formula is C19H20ClNO3. The predicted molar refractivity (Wildman–Crippen MR) is 92.8 cm³/mol. The van der Waals surface area contributed by atoms with E-state index in [1.54, 1.807) is 12.1 Å². The number of esters is 1. The molecule has 2 aromatic rings. The number of hydrogen-bond acceptors (Lipinski definition) is 4. The standard InChI is InChI=1S/C19H20ClNO3/c1-14(19(23)24-13-15-7-3-2-4-8-15)6-5-9-18(22)17-12-16(20)10-11-21-17/h2-4,7-8,10-12,14H,5-6,9,13H2,1H3/t14-/m1/s1. The fourth-order valence-electron chi connectivity index (χ4n) is 2.24. The average Bonchev–Trinajstić information content (AvgIpc) is 2.60. The van der Waals surface area contributed by atoms with Crippen LogP contribution in [0, 0.1) is 5.92 Å². The van der Waals surface area contributed by atoms with Crippen molar-refractivity contribution in [3.63, 3.8) is 0 Å². The molecule has 0 aliphatic rings. The van der Waals surface area contributed by atoms with Gasteiger partial charge in [-0.3, -0.25) is 14.6 Å². The number of aromatic nitrogens is 1. The van der Waals surface area contributed by atoms with Gasteiger partial charge in [-0.2, -0.15) is 0 Å². The summed E-state index contributed by atoms with van der Waals surface area (Å²) in [7, 11) is 0. The topological polar surface area (TPSA) is 56.3 Å². The van der Waals surface area contributed by atoms with E-state index in [1.165, 1.54) is 6.20 Å². The first-order valence-electron chi connectivity index (χ1n) is 7.91. The van der Waals surface area contributed by atoms with Crippen molar-refractivity contribution in [2.24, 2.45) is 5.92 Å². The Balaban J connectivity index is 1.71. The van der Waals surface area contributed by atoms with Gasteiger partial charge in [0.2, 0.25) is 0 Å². The Hall–Kier alpha value is -2.20. The minimum Gasteiger partial charge on any atom is -0.461 e. The monoisotopic (exact) mass is 345 g/mol. The Labute approximate surface area is 146 Å². The summed E-state index contributed by atoms with van der Waals surface area (Å²) < 4.78 is 5.29. The van der Waals surface area contributed by atoms with Crippen molar-refractivity contribution in [1.82, 2.24) is 4.98 Å². The zero-order valence-electron chi connectivity index (χ0n) is 13.6. The molecule has 0 radical (unpaired) electrons. The summed E-state index contributed by atoms with van der Waals surface area (Å²) in [5.41, 5.74) is 1.32. The van der Waals surface area contributed by atoms with Gasteiger partial charge in [-0.15, -0.1) is 0 Å². The van der Waals surface area contributed by atoms with Crippen molar-refractivity contribution >= 4 is 23.4 Å². The number of nitrogens with zero attached hydrogens (tertiary/aromatic N) is 1. The Morgan fingerprint density at radius 3 is 2.67 bits per heavy atom. The van der Waals surface area contributed by atoms with Crippen molar-refractivity contribution in [3.8, 4) is 0 Å². The smallest absolute Gasteiger partial charge is 0.308 e. The maximum Gasteiger partial charge on any atom is 0.308 e. The van der Waals surface area contributed by atoms with Crippen LogP contribution in [0.3, 0.4) is 0 Å². The van der Waals surface area contributed by atoms with E-state index in [-0.39, 0.29) is 24.3 Å². The molecular weight excluding hydrogens is 326 g/mol. The number of hydrogen-bond donors (Lipinski definition) is 0. The third kappa shape index (κ3) is 5.78. The lowest BCUT2D eigenvalue weighted by atomic mass is 10.0. The zero-order valence-corrected chi connectivity index (χ0v) is 14.3. The molecule has 0 spiro atoms. The summed E-state index contributed by atoms with van der Waals surface area (Å²) in [6.07, 6.45) is 3.05. The summed E-state index contributed by atoms with van der Waals surface area (Å²) in [5, 5.41) is 0.492. The normalized spacial score (nSPS) is 11.8. The molecule has 1 aromatic heterocycles. The van der Waals surface area contributed by atoms with E-state index in [1.807, 2.05) is 37.3 Å². The maximum absolute atomic E-state index is 12.0. The second-order valence-corrected chi connectivity index (χ2v) is 6.11. The Bertz CT molecular complexity index is 688. The molecule has 5 heteroatoms. The van der Waals surface area contributed by atoms with Gasteiger partial charge in [-0.1, -0.05) is 48.9 Å². The second kappa shape index (κ2) is 9.18. The van der Waals surface area contributed by atoms with Crippen molar-refractivity contribution in [2.45, 2.75) is 32.8 Å². The SMILES string of the molecule is C[C@H](CCCC(=O)c1cc(Cl)ccn1)C(=O)OCc1ccccc1. The van der Waals surface area contributed by atoms with Crippen LogP contribution in [-0.2, 0) is 16.1 Å². The molecule has 126 valence electrons. The third-order valence-corrected chi connectivity index (χ3v) is 3.91. The van der Waals surface area contributed by atoms with Gasteiger partial charge in [-0.25, -0.2) is 0 Å². The first-order valence-corrected chi connectivity index (χ1v) is 8.29. The highest BCUT2D eigenvalue weighted by Crippen LogP contribution is 2.15. The van der Waals surface area contributed by atoms with Crippen LogP contribution in [0.2, 0.25) is 5.02 Å². The Morgan fingerprint density at radius 1 is 1.21 bits per heavy atom. The van der Waals surface area contributed by atoms with Crippen LogP contribution in [0.5, 0.6) is 0 Å². The minimum atomic E-state index is -0.243. The molecule has 0 unspecified atom stereocenters. The number of Topliss-reactive ketones (excluding diaryl/α,β-unsaturated/α-hetero) is 1. The number of benzene rings is 1.